The Balaban J connectivity index is 1.35. The number of halogens is 1. The Morgan fingerprint density at radius 1 is 1.32 bits per heavy atom. The highest BCUT2D eigenvalue weighted by Gasteiger charge is 2.48. The second-order valence-corrected chi connectivity index (χ2v) is 7.08. The number of nitrogens with zero attached hydrogens (tertiary/aromatic N) is 1. The molecule has 136 valence electrons. The summed E-state index contributed by atoms with van der Waals surface area (Å²) in [5, 5.41) is 4.96. The van der Waals surface area contributed by atoms with E-state index in [1.807, 2.05) is 5.01 Å². The number of amides is 1. The number of hydrazine groups is 2. The van der Waals surface area contributed by atoms with Crippen LogP contribution in [0, 0.1) is 17.7 Å². The summed E-state index contributed by atoms with van der Waals surface area (Å²) >= 11 is 0. The van der Waals surface area contributed by atoms with Crippen LogP contribution >= 0.6 is 0 Å². The van der Waals surface area contributed by atoms with Crippen LogP contribution in [-0.2, 0) is 9.53 Å². The van der Waals surface area contributed by atoms with Crippen LogP contribution in [0.1, 0.15) is 19.8 Å². The summed E-state index contributed by atoms with van der Waals surface area (Å²) in [6.45, 7) is 2.83. The Morgan fingerprint density at radius 3 is 2.80 bits per heavy atom. The van der Waals surface area contributed by atoms with Crippen LogP contribution in [0.4, 0.5) is 10.1 Å². The van der Waals surface area contributed by atoms with Gasteiger partial charge in [0.2, 0.25) is 5.91 Å². The van der Waals surface area contributed by atoms with Crippen molar-refractivity contribution in [2.24, 2.45) is 11.8 Å². The third-order valence-corrected chi connectivity index (χ3v) is 5.04. The normalized spacial score (nSPS) is 31.2. The number of hydrogen-bond acceptors (Lipinski definition) is 6. The van der Waals surface area contributed by atoms with Gasteiger partial charge < -0.3 is 10.1 Å². The fourth-order valence-corrected chi connectivity index (χ4v) is 3.52. The van der Waals surface area contributed by atoms with Crippen molar-refractivity contribution < 1.29 is 13.9 Å². The average Bonchev–Trinajstić information content (AvgIpc) is 3.23. The van der Waals surface area contributed by atoms with Crippen LogP contribution in [0.2, 0.25) is 0 Å². The summed E-state index contributed by atoms with van der Waals surface area (Å²) in [4.78, 5) is 12.1. The van der Waals surface area contributed by atoms with Crippen molar-refractivity contribution in [3.05, 3.63) is 30.1 Å². The third kappa shape index (κ3) is 3.62. The van der Waals surface area contributed by atoms with E-state index in [1.54, 1.807) is 12.1 Å². The van der Waals surface area contributed by atoms with Gasteiger partial charge >= 0.3 is 0 Å². The van der Waals surface area contributed by atoms with Crippen LogP contribution in [0.25, 0.3) is 0 Å². The van der Waals surface area contributed by atoms with Crippen molar-refractivity contribution >= 4 is 11.6 Å². The van der Waals surface area contributed by atoms with E-state index in [1.165, 1.54) is 25.0 Å². The number of rotatable bonds is 6. The molecule has 1 amide bonds. The first-order chi connectivity index (χ1) is 12.1. The highest BCUT2D eigenvalue weighted by molar-refractivity contribution is 5.77. The minimum atomic E-state index is -0.263. The maximum atomic E-state index is 13.2. The molecule has 1 aromatic carbocycles. The molecule has 1 saturated carbocycles. The minimum Gasteiger partial charge on any atom is -0.371 e. The zero-order valence-corrected chi connectivity index (χ0v) is 14.2. The molecule has 2 heterocycles. The molecule has 1 aromatic rings. The number of nitrogens with one attached hydrogen (secondary N) is 4. The lowest BCUT2D eigenvalue weighted by atomic mass is 9.98. The molecule has 4 rings (SSSR count). The van der Waals surface area contributed by atoms with E-state index in [0.717, 1.165) is 5.69 Å². The molecule has 0 bridgehead atoms. The number of fused-ring (bicyclic) bond motifs is 1. The van der Waals surface area contributed by atoms with E-state index in [4.69, 9.17) is 4.74 Å². The number of anilines is 1. The smallest absolute Gasteiger partial charge is 0.247 e. The first-order valence-corrected chi connectivity index (χ1v) is 8.81. The molecule has 3 fully saturated rings. The quantitative estimate of drug-likeness (QED) is 0.598. The fraction of sp³-hybridized carbons (Fsp3) is 0.588. The number of benzene rings is 1. The zero-order valence-electron chi connectivity index (χ0n) is 14.2. The lowest BCUT2D eigenvalue weighted by molar-refractivity contribution is -0.127. The molecule has 25 heavy (non-hydrogen) atoms. The molecule has 4 N–H and O–H groups in total. The first kappa shape index (κ1) is 16.7. The zero-order chi connectivity index (χ0) is 17.4. The van der Waals surface area contributed by atoms with Crippen molar-refractivity contribution in [3.8, 4) is 0 Å². The maximum absolute atomic E-state index is 13.2. The molecule has 8 heteroatoms. The van der Waals surface area contributed by atoms with E-state index in [2.05, 4.69) is 28.5 Å². The largest absolute Gasteiger partial charge is 0.371 e. The van der Waals surface area contributed by atoms with E-state index >= 15 is 0 Å². The lowest BCUT2D eigenvalue weighted by Crippen LogP contribution is -2.52. The van der Waals surface area contributed by atoms with E-state index in [-0.39, 0.29) is 42.6 Å². The van der Waals surface area contributed by atoms with Gasteiger partial charge in [-0.25, -0.2) is 20.7 Å². The Hall–Kier alpha value is -1.74. The Labute approximate surface area is 146 Å². The van der Waals surface area contributed by atoms with Gasteiger partial charge in [-0.1, -0.05) is 0 Å². The van der Waals surface area contributed by atoms with Crippen LogP contribution in [0.15, 0.2) is 24.3 Å². The van der Waals surface area contributed by atoms with Gasteiger partial charge in [-0.15, -0.1) is 0 Å². The maximum Gasteiger partial charge on any atom is 0.247 e. The van der Waals surface area contributed by atoms with Gasteiger partial charge in [-0.2, -0.15) is 0 Å². The Morgan fingerprint density at radius 2 is 2.08 bits per heavy atom. The van der Waals surface area contributed by atoms with Crippen LogP contribution in [0.5, 0.6) is 0 Å². The predicted molar refractivity (Wildman–Crippen MR) is 90.5 cm³/mol. The minimum absolute atomic E-state index is 0.0434. The fourth-order valence-electron chi connectivity index (χ4n) is 3.52. The molecular weight excluding hydrogens is 325 g/mol. The lowest BCUT2D eigenvalue weighted by Gasteiger charge is -2.25. The second kappa shape index (κ2) is 6.87. The predicted octanol–water partition coefficient (Wildman–Crippen LogP) is 0.458. The van der Waals surface area contributed by atoms with Crippen molar-refractivity contribution in [2.75, 3.05) is 18.2 Å². The molecule has 2 aliphatic heterocycles. The van der Waals surface area contributed by atoms with Gasteiger partial charge in [0.05, 0.1) is 18.5 Å². The summed E-state index contributed by atoms with van der Waals surface area (Å²) < 4.78 is 18.6. The Bertz CT molecular complexity index is 624. The van der Waals surface area contributed by atoms with Crippen LogP contribution in [-0.4, -0.2) is 37.5 Å². The number of hydrogen-bond donors (Lipinski definition) is 4. The van der Waals surface area contributed by atoms with E-state index in [9.17, 15) is 9.18 Å². The number of carbonyl (C=O) groups excluding carboxylic acids is 1. The monoisotopic (exact) mass is 349 g/mol. The summed E-state index contributed by atoms with van der Waals surface area (Å²) in [5.41, 5.74) is 10.6. The topological polar surface area (TPSA) is 77.7 Å². The third-order valence-electron chi connectivity index (χ3n) is 5.04. The van der Waals surface area contributed by atoms with Crippen molar-refractivity contribution in [1.29, 1.82) is 0 Å². The molecular formula is C17H24FN5O2. The van der Waals surface area contributed by atoms with Gasteiger partial charge in [0.1, 0.15) is 18.6 Å². The van der Waals surface area contributed by atoms with Crippen molar-refractivity contribution in [2.45, 2.75) is 38.1 Å². The Kier molecular flexibility index (Phi) is 4.60. The van der Waals surface area contributed by atoms with Gasteiger partial charge in [0.25, 0.3) is 0 Å². The van der Waals surface area contributed by atoms with Crippen molar-refractivity contribution in [3.63, 3.8) is 0 Å². The molecule has 0 aromatic heterocycles. The van der Waals surface area contributed by atoms with Crippen LogP contribution in [0.3, 0.4) is 0 Å². The van der Waals surface area contributed by atoms with Gasteiger partial charge in [0, 0.05) is 12.0 Å². The average molecular weight is 349 g/mol. The molecule has 4 atom stereocenters. The summed E-state index contributed by atoms with van der Waals surface area (Å²) in [6.07, 6.45) is 2.18. The SMILES string of the molecule is CC1NN(c2ccc(F)cc2)C2NNC(NC(=O)COCC3CC3)C12. The van der Waals surface area contributed by atoms with E-state index < -0.39 is 0 Å². The molecule has 0 radical (unpaired) electrons. The van der Waals surface area contributed by atoms with Crippen molar-refractivity contribution in [1.82, 2.24) is 21.6 Å². The van der Waals surface area contributed by atoms with Gasteiger partial charge in [0.15, 0.2) is 0 Å². The first-order valence-electron chi connectivity index (χ1n) is 8.81. The van der Waals surface area contributed by atoms with E-state index in [0.29, 0.717) is 12.5 Å². The molecule has 0 spiro atoms. The molecule has 3 aliphatic rings. The highest BCUT2D eigenvalue weighted by atomic mass is 19.1. The molecule has 1 aliphatic carbocycles. The van der Waals surface area contributed by atoms with Gasteiger partial charge in [-0.3, -0.25) is 9.80 Å². The summed E-state index contributed by atoms with van der Waals surface area (Å²) in [6, 6.07) is 6.48. The van der Waals surface area contributed by atoms with Gasteiger partial charge in [-0.05, 0) is 49.9 Å². The summed E-state index contributed by atoms with van der Waals surface area (Å²) in [7, 11) is 0. The number of ether oxygens (including phenoxy) is 1. The molecule has 7 nitrogen and oxygen atoms in total. The van der Waals surface area contributed by atoms with Crippen LogP contribution < -0.4 is 26.6 Å². The summed E-state index contributed by atoms with van der Waals surface area (Å²) in [5.74, 6) is 0.388. The highest BCUT2D eigenvalue weighted by Crippen LogP contribution is 2.31. The molecule has 2 saturated heterocycles. The number of carbonyl (C=O) groups is 1. The second-order valence-electron chi connectivity index (χ2n) is 7.08. The molecule has 4 unspecified atom stereocenters. The standard InChI is InChI=1S/C17H24FN5O2/c1-10-15-16(19-14(24)9-25-8-11-2-3-11)20-21-17(15)23(22-10)13-6-4-12(18)5-7-13/h4-7,10-11,15-17,20-22H,2-3,8-9H2,1H3,(H,19,24).